The van der Waals surface area contributed by atoms with Gasteiger partial charge in [-0.25, -0.2) is 13.1 Å². The number of hydrogen-bond acceptors (Lipinski definition) is 3. The lowest BCUT2D eigenvalue weighted by Crippen LogP contribution is -2.42. The summed E-state index contributed by atoms with van der Waals surface area (Å²) in [5.74, 6) is -1.16. The largest absolute Gasteiger partial charge is 0.480 e. The molecule has 0 aromatic carbocycles. The molecule has 0 aliphatic heterocycles. The van der Waals surface area contributed by atoms with Gasteiger partial charge >= 0.3 is 5.97 Å². The van der Waals surface area contributed by atoms with Crippen LogP contribution in [-0.2, 0) is 14.8 Å². The normalized spacial score (nSPS) is 13.7. The Morgan fingerprint density at radius 2 is 2.06 bits per heavy atom. The van der Waals surface area contributed by atoms with Crippen LogP contribution in [0.5, 0.6) is 0 Å². The number of hydrogen-bond donors (Lipinski definition) is 2. The van der Waals surface area contributed by atoms with E-state index in [4.69, 9.17) is 5.11 Å². The standard InChI is InChI=1S/C10H19NO4S/c1-4-5-6-16(14,15)11-9(10(12)13)7-8(2)3/h4,8-9,11H,1,5-7H2,2-3H3,(H,12,13). The minimum Gasteiger partial charge on any atom is -0.480 e. The number of nitrogens with one attached hydrogen (secondary N) is 1. The van der Waals surface area contributed by atoms with Crippen molar-refractivity contribution in [2.75, 3.05) is 5.75 Å². The third kappa shape index (κ3) is 6.58. The van der Waals surface area contributed by atoms with Crippen molar-refractivity contribution in [2.45, 2.75) is 32.7 Å². The Balaban J connectivity index is 4.49. The van der Waals surface area contributed by atoms with Gasteiger partial charge in [-0.15, -0.1) is 6.58 Å². The predicted octanol–water partition coefficient (Wildman–Crippen LogP) is 0.981. The Morgan fingerprint density at radius 1 is 1.50 bits per heavy atom. The summed E-state index contributed by atoms with van der Waals surface area (Å²) in [6.45, 7) is 7.10. The molecule has 0 heterocycles. The van der Waals surface area contributed by atoms with Crippen LogP contribution in [0.2, 0.25) is 0 Å². The number of carbonyl (C=O) groups is 1. The second kappa shape index (κ2) is 6.65. The monoisotopic (exact) mass is 249 g/mol. The number of aliphatic carboxylic acids is 1. The minimum atomic E-state index is -3.54. The van der Waals surface area contributed by atoms with Crippen LogP contribution < -0.4 is 4.72 Å². The van der Waals surface area contributed by atoms with Gasteiger partial charge in [0, 0.05) is 0 Å². The van der Waals surface area contributed by atoms with Crippen LogP contribution in [0.15, 0.2) is 12.7 Å². The van der Waals surface area contributed by atoms with Crippen LogP contribution in [0.3, 0.4) is 0 Å². The van der Waals surface area contributed by atoms with Gasteiger partial charge in [-0.2, -0.15) is 0 Å². The van der Waals surface area contributed by atoms with Gasteiger partial charge in [0.15, 0.2) is 0 Å². The van der Waals surface area contributed by atoms with E-state index in [0.29, 0.717) is 6.42 Å². The van der Waals surface area contributed by atoms with Crippen molar-refractivity contribution in [3.63, 3.8) is 0 Å². The van der Waals surface area contributed by atoms with Crippen molar-refractivity contribution in [1.82, 2.24) is 4.72 Å². The molecule has 94 valence electrons. The molecule has 6 heteroatoms. The summed E-state index contributed by atoms with van der Waals surface area (Å²) in [5, 5.41) is 8.86. The second-order valence-electron chi connectivity index (χ2n) is 4.03. The van der Waals surface area contributed by atoms with E-state index < -0.39 is 22.0 Å². The van der Waals surface area contributed by atoms with Gasteiger partial charge in [0.2, 0.25) is 10.0 Å². The van der Waals surface area contributed by atoms with Crippen LogP contribution >= 0.6 is 0 Å². The Kier molecular flexibility index (Phi) is 6.28. The molecule has 1 unspecified atom stereocenters. The summed E-state index contributed by atoms with van der Waals surface area (Å²) in [6, 6.07) is -1.05. The van der Waals surface area contributed by atoms with Crippen LogP contribution in [0, 0.1) is 5.92 Å². The lowest BCUT2D eigenvalue weighted by molar-refractivity contribution is -0.139. The smallest absolute Gasteiger partial charge is 0.321 e. The Morgan fingerprint density at radius 3 is 2.44 bits per heavy atom. The molecule has 16 heavy (non-hydrogen) atoms. The van der Waals surface area contributed by atoms with Gasteiger partial charge in [-0.3, -0.25) is 4.79 Å². The van der Waals surface area contributed by atoms with E-state index >= 15 is 0 Å². The highest BCUT2D eigenvalue weighted by Gasteiger charge is 2.24. The predicted molar refractivity (Wildman–Crippen MR) is 62.6 cm³/mol. The molecule has 0 amide bonds. The van der Waals surface area contributed by atoms with Crippen LogP contribution in [0.25, 0.3) is 0 Å². The fraction of sp³-hybridized carbons (Fsp3) is 0.700. The molecule has 0 saturated carbocycles. The molecule has 0 saturated heterocycles. The first kappa shape index (κ1) is 15.1. The van der Waals surface area contributed by atoms with E-state index in [1.165, 1.54) is 6.08 Å². The van der Waals surface area contributed by atoms with Gasteiger partial charge in [0.1, 0.15) is 6.04 Å². The van der Waals surface area contributed by atoms with Crippen molar-refractivity contribution in [2.24, 2.45) is 5.92 Å². The molecule has 0 aliphatic rings. The summed E-state index contributed by atoms with van der Waals surface area (Å²) in [5.41, 5.74) is 0. The number of carboxylic acid groups (broad SMARTS) is 1. The van der Waals surface area contributed by atoms with Gasteiger partial charge in [0.25, 0.3) is 0 Å². The first-order valence-electron chi connectivity index (χ1n) is 5.12. The molecule has 0 rings (SSSR count). The van der Waals surface area contributed by atoms with E-state index in [1.807, 2.05) is 13.8 Å². The summed E-state index contributed by atoms with van der Waals surface area (Å²) in [4.78, 5) is 10.8. The Bertz CT molecular complexity index is 335. The van der Waals surface area contributed by atoms with Crippen LogP contribution in [-0.4, -0.2) is 31.3 Å². The van der Waals surface area contributed by atoms with Gasteiger partial charge in [0.05, 0.1) is 5.75 Å². The average molecular weight is 249 g/mol. The molecule has 0 spiro atoms. The van der Waals surface area contributed by atoms with Gasteiger partial charge < -0.3 is 5.11 Å². The van der Waals surface area contributed by atoms with Crippen molar-refractivity contribution >= 4 is 16.0 Å². The Hall–Kier alpha value is -0.880. The molecular formula is C10H19NO4S. The van der Waals surface area contributed by atoms with Gasteiger partial charge in [-0.1, -0.05) is 19.9 Å². The summed E-state index contributed by atoms with van der Waals surface area (Å²) in [7, 11) is -3.54. The summed E-state index contributed by atoms with van der Waals surface area (Å²) >= 11 is 0. The van der Waals surface area contributed by atoms with Crippen molar-refractivity contribution < 1.29 is 18.3 Å². The zero-order valence-corrected chi connectivity index (χ0v) is 10.5. The minimum absolute atomic E-state index is 0.114. The number of sulfonamides is 1. The van der Waals surface area contributed by atoms with Crippen molar-refractivity contribution in [1.29, 1.82) is 0 Å². The molecule has 1 atom stereocenters. The Labute approximate surface area is 96.6 Å². The average Bonchev–Trinajstić information content (AvgIpc) is 2.12. The topological polar surface area (TPSA) is 83.5 Å². The zero-order valence-electron chi connectivity index (χ0n) is 9.64. The first-order chi connectivity index (χ1) is 7.28. The summed E-state index contributed by atoms with van der Waals surface area (Å²) < 4.78 is 25.1. The fourth-order valence-electron chi connectivity index (χ4n) is 1.18. The van der Waals surface area contributed by atoms with E-state index in [2.05, 4.69) is 11.3 Å². The van der Waals surface area contributed by atoms with E-state index in [-0.39, 0.29) is 18.1 Å². The van der Waals surface area contributed by atoms with E-state index in [0.717, 1.165) is 0 Å². The number of rotatable bonds is 8. The lowest BCUT2D eigenvalue weighted by atomic mass is 10.1. The third-order valence-corrected chi connectivity index (χ3v) is 3.33. The number of carboxylic acids is 1. The van der Waals surface area contributed by atoms with Crippen molar-refractivity contribution in [3.8, 4) is 0 Å². The lowest BCUT2D eigenvalue weighted by Gasteiger charge is -2.16. The molecular weight excluding hydrogens is 230 g/mol. The third-order valence-electron chi connectivity index (χ3n) is 1.92. The highest BCUT2D eigenvalue weighted by atomic mass is 32.2. The fourth-order valence-corrected chi connectivity index (χ4v) is 2.41. The SMILES string of the molecule is C=CCCS(=O)(=O)NC(CC(C)C)C(=O)O. The van der Waals surface area contributed by atoms with E-state index in [9.17, 15) is 13.2 Å². The molecule has 0 bridgehead atoms. The maximum Gasteiger partial charge on any atom is 0.321 e. The van der Waals surface area contributed by atoms with Crippen molar-refractivity contribution in [3.05, 3.63) is 12.7 Å². The molecule has 0 aliphatic carbocycles. The van der Waals surface area contributed by atoms with Gasteiger partial charge in [-0.05, 0) is 18.8 Å². The maximum atomic E-state index is 11.5. The molecule has 5 nitrogen and oxygen atoms in total. The second-order valence-corrected chi connectivity index (χ2v) is 5.91. The molecule has 2 N–H and O–H groups in total. The molecule has 0 aromatic heterocycles. The van der Waals surface area contributed by atoms with E-state index in [1.54, 1.807) is 0 Å². The zero-order chi connectivity index (χ0) is 12.8. The molecule has 0 radical (unpaired) electrons. The first-order valence-corrected chi connectivity index (χ1v) is 6.77. The molecule has 0 aromatic rings. The highest BCUT2D eigenvalue weighted by Crippen LogP contribution is 2.06. The molecule has 0 fully saturated rings. The summed E-state index contributed by atoms with van der Waals surface area (Å²) in [6.07, 6.45) is 2.07. The maximum absolute atomic E-state index is 11.5. The highest BCUT2D eigenvalue weighted by molar-refractivity contribution is 7.89. The number of allylic oxidation sites excluding steroid dienone is 1. The van der Waals surface area contributed by atoms with Crippen LogP contribution in [0.1, 0.15) is 26.7 Å². The van der Waals surface area contributed by atoms with Crippen LogP contribution in [0.4, 0.5) is 0 Å². The quantitative estimate of drug-likeness (QED) is 0.628.